The molecule has 20 heavy (non-hydrogen) atoms. The normalized spacial score (nSPS) is 10.3. The quantitative estimate of drug-likeness (QED) is 0.908. The summed E-state index contributed by atoms with van der Waals surface area (Å²) in [5.41, 5.74) is 1.62. The van der Waals surface area contributed by atoms with Crippen LogP contribution in [0.3, 0.4) is 0 Å². The van der Waals surface area contributed by atoms with E-state index in [9.17, 15) is 9.59 Å². The predicted octanol–water partition coefficient (Wildman–Crippen LogP) is 2.31. The largest absolute Gasteiger partial charge is 0.364 e. The molecule has 5 heteroatoms. The molecule has 0 aliphatic heterocycles. The van der Waals surface area contributed by atoms with Crippen molar-refractivity contribution in [2.45, 2.75) is 13.3 Å². The van der Waals surface area contributed by atoms with Gasteiger partial charge in [-0.2, -0.15) is 0 Å². The van der Waals surface area contributed by atoms with Crippen molar-refractivity contribution < 1.29 is 4.79 Å². The van der Waals surface area contributed by atoms with Gasteiger partial charge < -0.3 is 10.3 Å². The van der Waals surface area contributed by atoms with Crippen molar-refractivity contribution in [1.82, 2.24) is 10.3 Å². The molecule has 0 radical (unpaired) electrons. The van der Waals surface area contributed by atoms with Crippen molar-refractivity contribution in [2.24, 2.45) is 0 Å². The van der Waals surface area contributed by atoms with Crippen LogP contribution in [0.15, 0.2) is 41.3 Å². The van der Waals surface area contributed by atoms with Crippen LogP contribution in [-0.2, 0) is 6.42 Å². The van der Waals surface area contributed by atoms with E-state index in [1.54, 1.807) is 13.0 Å². The van der Waals surface area contributed by atoms with Crippen LogP contribution < -0.4 is 10.7 Å². The van der Waals surface area contributed by atoms with Crippen LogP contribution in [-0.4, -0.2) is 17.4 Å². The Morgan fingerprint density at radius 2 is 2.15 bits per heavy atom. The highest BCUT2D eigenvalue weighted by Crippen LogP contribution is 2.10. The number of carbonyl (C=O) groups excluding carboxylic acids is 1. The molecule has 104 valence electrons. The molecule has 1 aromatic carbocycles. The Morgan fingerprint density at radius 3 is 2.85 bits per heavy atom. The summed E-state index contributed by atoms with van der Waals surface area (Å²) in [5.74, 6) is -0.367. The summed E-state index contributed by atoms with van der Waals surface area (Å²) < 4.78 is 0. The maximum absolute atomic E-state index is 11.9. The van der Waals surface area contributed by atoms with Crippen molar-refractivity contribution in [3.63, 3.8) is 0 Å². The summed E-state index contributed by atoms with van der Waals surface area (Å²) in [6.07, 6.45) is 2.10. The summed E-state index contributed by atoms with van der Waals surface area (Å²) in [6.45, 7) is 2.22. The number of nitrogens with one attached hydrogen (secondary N) is 2. The standard InChI is InChI=1S/C15H15ClN2O2/c1-10-7-14(19)13(9-18-10)15(20)17-6-5-11-3-2-4-12(16)8-11/h2-4,7-9H,5-6H2,1H3,(H,17,20)(H,18,19). The minimum atomic E-state index is -0.367. The van der Waals surface area contributed by atoms with Gasteiger partial charge >= 0.3 is 0 Å². The molecule has 1 heterocycles. The van der Waals surface area contributed by atoms with Crippen LogP contribution in [0.2, 0.25) is 5.02 Å². The van der Waals surface area contributed by atoms with Gasteiger partial charge in [-0.05, 0) is 31.0 Å². The van der Waals surface area contributed by atoms with Crippen LogP contribution in [0, 0.1) is 6.92 Å². The molecule has 0 aliphatic rings. The fourth-order valence-electron chi connectivity index (χ4n) is 1.86. The first kappa shape index (κ1) is 14.3. The van der Waals surface area contributed by atoms with E-state index < -0.39 is 0 Å². The fraction of sp³-hybridized carbons (Fsp3) is 0.200. The number of halogens is 1. The number of pyridine rings is 1. The van der Waals surface area contributed by atoms with Gasteiger partial charge in [0.2, 0.25) is 0 Å². The lowest BCUT2D eigenvalue weighted by Crippen LogP contribution is -2.30. The molecule has 0 bridgehead atoms. The van der Waals surface area contributed by atoms with Gasteiger partial charge in [0.25, 0.3) is 5.91 Å². The molecule has 0 unspecified atom stereocenters. The average molecular weight is 291 g/mol. The van der Waals surface area contributed by atoms with Crippen molar-refractivity contribution in [2.75, 3.05) is 6.54 Å². The molecular weight excluding hydrogens is 276 g/mol. The van der Waals surface area contributed by atoms with E-state index in [1.165, 1.54) is 12.3 Å². The highest BCUT2D eigenvalue weighted by Gasteiger charge is 2.09. The van der Waals surface area contributed by atoms with Crippen molar-refractivity contribution >= 4 is 17.5 Å². The molecule has 2 aromatic rings. The Labute approximate surface area is 121 Å². The highest BCUT2D eigenvalue weighted by atomic mass is 35.5. The number of hydrogen-bond acceptors (Lipinski definition) is 2. The zero-order chi connectivity index (χ0) is 14.5. The summed E-state index contributed by atoms with van der Waals surface area (Å²) in [6, 6.07) is 8.87. The molecule has 0 saturated carbocycles. The lowest BCUT2D eigenvalue weighted by Gasteiger charge is -2.05. The van der Waals surface area contributed by atoms with E-state index in [-0.39, 0.29) is 16.9 Å². The molecule has 0 atom stereocenters. The van der Waals surface area contributed by atoms with E-state index in [1.807, 2.05) is 18.2 Å². The van der Waals surface area contributed by atoms with Gasteiger partial charge in [0.05, 0.1) is 0 Å². The van der Waals surface area contributed by atoms with Crippen LogP contribution in [0.4, 0.5) is 0 Å². The maximum Gasteiger partial charge on any atom is 0.256 e. The maximum atomic E-state index is 11.9. The Bertz CT molecular complexity index is 680. The van der Waals surface area contributed by atoms with Gasteiger partial charge in [-0.1, -0.05) is 23.7 Å². The summed E-state index contributed by atoms with van der Waals surface area (Å²) in [5, 5.41) is 3.40. The third-order valence-electron chi connectivity index (χ3n) is 2.89. The monoisotopic (exact) mass is 290 g/mol. The van der Waals surface area contributed by atoms with E-state index >= 15 is 0 Å². The molecule has 0 aliphatic carbocycles. The predicted molar refractivity (Wildman–Crippen MR) is 79.3 cm³/mol. The second-order valence-corrected chi connectivity index (χ2v) is 4.97. The average Bonchev–Trinajstić information content (AvgIpc) is 2.38. The van der Waals surface area contributed by atoms with E-state index in [4.69, 9.17) is 11.6 Å². The van der Waals surface area contributed by atoms with Crippen LogP contribution in [0.5, 0.6) is 0 Å². The number of aryl methyl sites for hydroxylation is 1. The van der Waals surface area contributed by atoms with E-state index in [0.717, 1.165) is 11.3 Å². The molecule has 2 rings (SSSR count). The zero-order valence-electron chi connectivity index (χ0n) is 11.1. The third-order valence-corrected chi connectivity index (χ3v) is 3.13. The Morgan fingerprint density at radius 1 is 1.35 bits per heavy atom. The van der Waals surface area contributed by atoms with Crippen molar-refractivity contribution in [3.8, 4) is 0 Å². The number of hydrogen-bond donors (Lipinski definition) is 2. The van der Waals surface area contributed by atoms with Gasteiger partial charge in [-0.3, -0.25) is 9.59 Å². The van der Waals surface area contributed by atoms with Crippen molar-refractivity contribution in [1.29, 1.82) is 0 Å². The number of aromatic nitrogens is 1. The van der Waals surface area contributed by atoms with Crippen LogP contribution in [0.1, 0.15) is 21.6 Å². The smallest absolute Gasteiger partial charge is 0.256 e. The molecule has 2 N–H and O–H groups in total. The Kier molecular flexibility index (Phi) is 4.58. The van der Waals surface area contributed by atoms with Gasteiger partial charge in [0.15, 0.2) is 5.43 Å². The zero-order valence-corrected chi connectivity index (χ0v) is 11.8. The number of amides is 1. The van der Waals surface area contributed by atoms with Crippen molar-refractivity contribution in [3.05, 3.63) is 68.6 Å². The molecule has 0 fully saturated rings. The minimum absolute atomic E-state index is 0.127. The lowest BCUT2D eigenvalue weighted by molar-refractivity contribution is 0.0952. The molecule has 1 amide bonds. The first-order chi connectivity index (χ1) is 9.56. The molecule has 0 saturated heterocycles. The van der Waals surface area contributed by atoms with E-state index in [2.05, 4.69) is 10.3 Å². The van der Waals surface area contributed by atoms with Gasteiger partial charge in [-0.25, -0.2) is 0 Å². The highest BCUT2D eigenvalue weighted by molar-refractivity contribution is 6.30. The number of aromatic amines is 1. The molecular formula is C15H15ClN2O2. The topological polar surface area (TPSA) is 62.0 Å². The lowest BCUT2D eigenvalue weighted by atomic mass is 10.1. The Balaban J connectivity index is 1.94. The fourth-order valence-corrected chi connectivity index (χ4v) is 2.07. The first-order valence-corrected chi connectivity index (χ1v) is 6.66. The second kappa shape index (κ2) is 6.39. The number of rotatable bonds is 4. The molecule has 4 nitrogen and oxygen atoms in total. The number of benzene rings is 1. The number of H-pyrrole nitrogens is 1. The third kappa shape index (κ3) is 3.71. The molecule has 1 aromatic heterocycles. The molecule has 0 spiro atoms. The minimum Gasteiger partial charge on any atom is -0.364 e. The second-order valence-electron chi connectivity index (χ2n) is 4.53. The van der Waals surface area contributed by atoms with Gasteiger partial charge in [-0.15, -0.1) is 0 Å². The Hall–Kier alpha value is -2.07. The summed E-state index contributed by atoms with van der Waals surface area (Å²) in [7, 11) is 0. The van der Waals surface area contributed by atoms with Crippen LogP contribution >= 0.6 is 11.6 Å². The van der Waals surface area contributed by atoms with Gasteiger partial charge in [0.1, 0.15) is 5.56 Å². The SMILES string of the molecule is Cc1cc(=O)c(C(=O)NCCc2cccc(Cl)c2)c[nH]1. The van der Waals surface area contributed by atoms with E-state index in [0.29, 0.717) is 18.0 Å². The summed E-state index contributed by atoms with van der Waals surface area (Å²) in [4.78, 5) is 26.4. The van der Waals surface area contributed by atoms with Crippen LogP contribution in [0.25, 0.3) is 0 Å². The number of carbonyl (C=O) groups is 1. The van der Waals surface area contributed by atoms with Gasteiger partial charge in [0, 0.05) is 29.5 Å². The first-order valence-electron chi connectivity index (χ1n) is 6.28. The summed E-state index contributed by atoms with van der Waals surface area (Å²) >= 11 is 5.88.